The molecule has 2 rings (SSSR count). The molecule has 0 spiro atoms. The predicted octanol–water partition coefficient (Wildman–Crippen LogP) is 1.67. The van der Waals surface area contributed by atoms with Crippen LogP contribution in [0.3, 0.4) is 0 Å². The molecule has 0 saturated carbocycles. The van der Waals surface area contributed by atoms with Gasteiger partial charge < -0.3 is 14.9 Å². The van der Waals surface area contributed by atoms with Crippen LogP contribution in [0.25, 0.3) is 0 Å². The average molecular weight is 263 g/mol. The molecule has 1 aromatic heterocycles. The lowest BCUT2D eigenvalue weighted by Gasteiger charge is -2.36. The highest BCUT2D eigenvalue weighted by molar-refractivity contribution is 5.43. The number of rotatable bonds is 4. The zero-order chi connectivity index (χ0) is 13.8. The summed E-state index contributed by atoms with van der Waals surface area (Å²) in [5.74, 6) is 0.998. The van der Waals surface area contributed by atoms with Crippen LogP contribution >= 0.6 is 0 Å². The molecule has 1 aromatic rings. The molecule has 2 heterocycles. The minimum absolute atomic E-state index is 0.0871. The van der Waals surface area contributed by atoms with Gasteiger partial charge >= 0.3 is 0 Å². The van der Waals surface area contributed by atoms with E-state index < -0.39 is 0 Å². The number of hydrogen-bond donors (Lipinski definition) is 1. The topological polar surface area (TPSA) is 39.6 Å². The van der Waals surface area contributed by atoms with E-state index in [0.29, 0.717) is 6.04 Å². The van der Waals surface area contributed by atoms with E-state index >= 15 is 0 Å². The summed E-state index contributed by atoms with van der Waals surface area (Å²) in [6, 6.07) is 4.56. The SMILES string of the molecule is CCc1cc(CO)cc(N(C)C2CCN(C)CC2)n1. The Hall–Kier alpha value is -1.13. The second-order valence-electron chi connectivity index (χ2n) is 5.48. The van der Waals surface area contributed by atoms with Crippen LogP contribution in [0.15, 0.2) is 12.1 Å². The van der Waals surface area contributed by atoms with Gasteiger partial charge in [0.1, 0.15) is 5.82 Å². The minimum Gasteiger partial charge on any atom is -0.392 e. The molecule has 106 valence electrons. The molecule has 0 radical (unpaired) electrons. The van der Waals surface area contributed by atoms with E-state index in [0.717, 1.165) is 36.6 Å². The molecule has 0 aromatic carbocycles. The molecule has 19 heavy (non-hydrogen) atoms. The summed E-state index contributed by atoms with van der Waals surface area (Å²) in [4.78, 5) is 9.35. The first-order valence-corrected chi connectivity index (χ1v) is 7.16. The maximum atomic E-state index is 9.36. The highest BCUT2D eigenvalue weighted by atomic mass is 16.3. The van der Waals surface area contributed by atoms with Crippen molar-refractivity contribution in [2.45, 2.75) is 38.8 Å². The van der Waals surface area contributed by atoms with E-state index in [1.807, 2.05) is 12.1 Å². The standard InChI is InChI=1S/C15H25N3O/c1-4-13-9-12(11-19)10-15(16-13)18(3)14-5-7-17(2)8-6-14/h9-10,14,19H,4-8,11H2,1-3H3. The fraction of sp³-hybridized carbons (Fsp3) is 0.667. The van der Waals surface area contributed by atoms with Crippen LogP contribution in [0.5, 0.6) is 0 Å². The summed E-state index contributed by atoms with van der Waals surface area (Å²) in [7, 11) is 4.30. The van der Waals surface area contributed by atoms with Crippen molar-refractivity contribution in [1.82, 2.24) is 9.88 Å². The molecule has 1 aliphatic rings. The van der Waals surface area contributed by atoms with E-state index in [9.17, 15) is 5.11 Å². The van der Waals surface area contributed by atoms with E-state index in [1.165, 1.54) is 12.8 Å². The van der Waals surface area contributed by atoms with Crippen LogP contribution in [0.2, 0.25) is 0 Å². The summed E-state index contributed by atoms with van der Waals surface area (Å²) in [5, 5.41) is 9.36. The third kappa shape index (κ3) is 3.45. The lowest BCUT2D eigenvalue weighted by Crippen LogP contribution is -2.42. The quantitative estimate of drug-likeness (QED) is 0.897. The predicted molar refractivity (Wildman–Crippen MR) is 78.5 cm³/mol. The molecule has 0 amide bonds. The van der Waals surface area contributed by atoms with Crippen molar-refractivity contribution in [1.29, 1.82) is 0 Å². The van der Waals surface area contributed by atoms with Crippen LogP contribution in [0.4, 0.5) is 5.82 Å². The third-order valence-electron chi connectivity index (χ3n) is 4.07. The van der Waals surface area contributed by atoms with Gasteiger partial charge in [-0.15, -0.1) is 0 Å². The van der Waals surface area contributed by atoms with Gasteiger partial charge in [-0.1, -0.05) is 6.92 Å². The monoisotopic (exact) mass is 263 g/mol. The largest absolute Gasteiger partial charge is 0.392 e. The molecule has 4 nitrogen and oxygen atoms in total. The van der Waals surface area contributed by atoms with Crippen LogP contribution < -0.4 is 4.90 Å². The molecule has 4 heteroatoms. The molecular weight excluding hydrogens is 238 g/mol. The Morgan fingerprint density at radius 3 is 2.63 bits per heavy atom. The van der Waals surface area contributed by atoms with Gasteiger partial charge in [-0.3, -0.25) is 0 Å². The van der Waals surface area contributed by atoms with Gasteiger partial charge in [0, 0.05) is 18.8 Å². The lowest BCUT2D eigenvalue weighted by atomic mass is 10.0. The number of aliphatic hydroxyl groups is 1. The van der Waals surface area contributed by atoms with E-state index in [-0.39, 0.29) is 6.61 Å². The molecule has 1 fully saturated rings. The van der Waals surface area contributed by atoms with Gasteiger partial charge in [0.25, 0.3) is 0 Å². The molecule has 0 unspecified atom stereocenters. The van der Waals surface area contributed by atoms with Crippen molar-refractivity contribution < 1.29 is 5.11 Å². The summed E-state index contributed by atoms with van der Waals surface area (Å²) in [6.45, 7) is 4.48. The first kappa shape index (κ1) is 14.3. The maximum absolute atomic E-state index is 9.36. The Balaban J connectivity index is 2.15. The Kier molecular flexibility index (Phi) is 4.77. The van der Waals surface area contributed by atoms with Crippen molar-refractivity contribution in [2.75, 3.05) is 32.1 Å². The number of anilines is 1. The zero-order valence-electron chi connectivity index (χ0n) is 12.3. The van der Waals surface area contributed by atoms with Crippen LogP contribution in [-0.2, 0) is 13.0 Å². The van der Waals surface area contributed by atoms with E-state index in [4.69, 9.17) is 4.98 Å². The fourth-order valence-electron chi connectivity index (χ4n) is 2.66. The summed E-state index contributed by atoms with van der Waals surface area (Å²) < 4.78 is 0. The highest BCUT2D eigenvalue weighted by Gasteiger charge is 2.21. The smallest absolute Gasteiger partial charge is 0.129 e. The summed E-state index contributed by atoms with van der Waals surface area (Å²) in [6.07, 6.45) is 3.26. The number of aliphatic hydroxyl groups excluding tert-OH is 1. The second-order valence-corrected chi connectivity index (χ2v) is 5.48. The Morgan fingerprint density at radius 1 is 1.37 bits per heavy atom. The van der Waals surface area contributed by atoms with Crippen LogP contribution in [-0.4, -0.2) is 48.2 Å². The molecular formula is C15H25N3O. The zero-order valence-corrected chi connectivity index (χ0v) is 12.3. The van der Waals surface area contributed by atoms with Crippen LogP contribution in [0, 0.1) is 0 Å². The third-order valence-corrected chi connectivity index (χ3v) is 4.07. The second kappa shape index (κ2) is 6.35. The van der Waals surface area contributed by atoms with Crippen molar-refractivity contribution in [3.8, 4) is 0 Å². The average Bonchev–Trinajstić information content (AvgIpc) is 2.46. The Labute approximate surface area is 116 Å². The number of aryl methyl sites for hydroxylation is 1. The molecule has 1 saturated heterocycles. The van der Waals surface area contributed by atoms with Gasteiger partial charge in [-0.2, -0.15) is 0 Å². The number of likely N-dealkylation sites (tertiary alicyclic amines) is 1. The van der Waals surface area contributed by atoms with Crippen molar-refractivity contribution in [2.24, 2.45) is 0 Å². The molecule has 0 atom stereocenters. The molecule has 0 bridgehead atoms. The van der Waals surface area contributed by atoms with Gasteiger partial charge in [-0.05, 0) is 57.1 Å². The van der Waals surface area contributed by atoms with Gasteiger partial charge in [0.15, 0.2) is 0 Å². The number of nitrogens with zero attached hydrogens (tertiary/aromatic N) is 3. The molecule has 1 N–H and O–H groups in total. The van der Waals surface area contributed by atoms with Gasteiger partial charge in [0.2, 0.25) is 0 Å². The number of hydrogen-bond acceptors (Lipinski definition) is 4. The first-order chi connectivity index (χ1) is 9.13. The van der Waals surface area contributed by atoms with E-state index in [2.05, 4.69) is 30.8 Å². The lowest BCUT2D eigenvalue weighted by molar-refractivity contribution is 0.252. The fourth-order valence-corrected chi connectivity index (χ4v) is 2.66. The van der Waals surface area contributed by atoms with Crippen molar-refractivity contribution >= 4 is 5.82 Å². The van der Waals surface area contributed by atoms with Gasteiger partial charge in [0.05, 0.1) is 6.61 Å². The maximum Gasteiger partial charge on any atom is 0.129 e. The molecule has 1 aliphatic heterocycles. The Morgan fingerprint density at radius 2 is 2.05 bits per heavy atom. The van der Waals surface area contributed by atoms with Crippen LogP contribution in [0.1, 0.15) is 31.0 Å². The minimum atomic E-state index is 0.0871. The number of pyridine rings is 1. The number of piperidine rings is 1. The van der Waals surface area contributed by atoms with Crippen molar-refractivity contribution in [3.05, 3.63) is 23.4 Å². The normalized spacial score (nSPS) is 17.7. The summed E-state index contributed by atoms with van der Waals surface area (Å²) >= 11 is 0. The summed E-state index contributed by atoms with van der Waals surface area (Å²) in [5.41, 5.74) is 2.02. The van der Waals surface area contributed by atoms with Crippen molar-refractivity contribution in [3.63, 3.8) is 0 Å². The molecule has 0 aliphatic carbocycles. The van der Waals surface area contributed by atoms with Gasteiger partial charge in [-0.25, -0.2) is 4.98 Å². The Bertz CT molecular complexity index is 392. The number of aromatic nitrogens is 1. The first-order valence-electron chi connectivity index (χ1n) is 7.16. The van der Waals surface area contributed by atoms with E-state index in [1.54, 1.807) is 0 Å². The highest BCUT2D eigenvalue weighted by Crippen LogP contribution is 2.22.